The summed E-state index contributed by atoms with van der Waals surface area (Å²) in [5, 5.41) is 4.49. The van der Waals surface area contributed by atoms with Crippen LogP contribution in [0.25, 0.3) is 11.0 Å². The largest absolute Gasteiger partial charge is 0.427 e. The maximum Gasteiger partial charge on any atom is 0.395 e. The fraction of sp³-hybridized carbons (Fsp3) is 0.462. The molecule has 0 spiro atoms. The predicted octanol–water partition coefficient (Wildman–Crippen LogP) is 1.30. The molecule has 2 aromatic rings. The van der Waals surface area contributed by atoms with Crippen molar-refractivity contribution in [3.63, 3.8) is 0 Å². The van der Waals surface area contributed by atoms with Crippen molar-refractivity contribution in [1.82, 2.24) is 15.2 Å². The number of fused-ring (bicyclic) bond motifs is 1. The molecule has 1 aliphatic rings. The summed E-state index contributed by atoms with van der Waals surface area (Å²) in [6.07, 6.45) is 6.06. The van der Waals surface area contributed by atoms with Crippen LogP contribution in [0.5, 0.6) is 0 Å². The number of aromatic amines is 1. The average molecular weight is 257 g/mol. The van der Waals surface area contributed by atoms with E-state index in [4.69, 9.17) is 4.65 Å². The van der Waals surface area contributed by atoms with Gasteiger partial charge < -0.3 is 19.8 Å². The molecule has 1 saturated heterocycles. The van der Waals surface area contributed by atoms with Crippen molar-refractivity contribution >= 4 is 24.3 Å². The number of rotatable bonds is 4. The number of pyridine rings is 1. The van der Waals surface area contributed by atoms with Crippen LogP contribution in [0.4, 0.5) is 5.69 Å². The maximum atomic E-state index is 4.94. The Hall–Kier alpha value is -1.53. The second-order valence-corrected chi connectivity index (χ2v) is 4.85. The van der Waals surface area contributed by atoms with Crippen LogP contribution >= 0.6 is 0 Å². The first kappa shape index (κ1) is 12.5. The number of hydrogen-bond donors (Lipinski definition) is 2. The molecule has 3 heterocycles. The summed E-state index contributed by atoms with van der Waals surface area (Å²) in [6, 6.07) is 4.71. The molecule has 3 rings (SSSR count). The van der Waals surface area contributed by atoms with Crippen molar-refractivity contribution in [2.24, 2.45) is 0 Å². The van der Waals surface area contributed by atoms with Crippen LogP contribution in [0.15, 0.2) is 24.5 Å². The summed E-state index contributed by atoms with van der Waals surface area (Å²) < 4.78 is 4.94. The third-order valence-corrected chi connectivity index (χ3v) is 3.69. The first-order chi connectivity index (χ1) is 9.38. The van der Waals surface area contributed by atoms with Crippen molar-refractivity contribution in [2.75, 3.05) is 25.1 Å². The Kier molecular flexibility index (Phi) is 3.70. The fourth-order valence-corrected chi connectivity index (χ4v) is 2.67. The molecule has 0 bridgehead atoms. The first-order valence-corrected chi connectivity index (χ1v) is 6.66. The molecule has 0 amide bonds. The van der Waals surface area contributed by atoms with Gasteiger partial charge in [-0.15, -0.1) is 0 Å². The van der Waals surface area contributed by atoms with Gasteiger partial charge in [-0.05, 0) is 25.0 Å². The lowest BCUT2D eigenvalue weighted by molar-refractivity contribution is 0.400. The lowest BCUT2D eigenvalue weighted by Crippen LogP contribution is -2.44. The fourth-order valence-electron chi connectivity index (χ4n) is 2.67. The van der Waals surface area contributed by atoms with E-state index in [1.54, 1.807) is 14.7 Å². The molecule has 0 unspecified atom stereocenters. The van der Waals surface area contributed by atoms with Crippen LogP contribution in [0.3, 0.4) is 0 Å². The minimum Gasteiger partial charge on any atom is -0.427 e. The SMILES string of the molecule is CO[B]NC1CCN(c2ccnc3[nH]ccc23)CC1. The Balaban J connectivity index is 1.69. The average Bonchev–Trinajstić information content (AvgIpc) is 2.94. The smallest absolute Gasteiger partial charge is 0.395 e. The number of piperidine rings is 1. The van der Waals surface area contributed by atoms with Gasteiger partial charge in [-0.1, -0.05) is 0 Å². The highest BCUT2D eigenvalue weighted by atomic mass is 16.4. The van der Waals surface area contributed by atoms with Gasteiger partial charge in [-0.25, -0.2) is 4.98 Å². The van der Waals surface area contributed by atoms with E-state index in [1.165, 1.54) is 11.1 Å². The lowest BCUT2D eigenvalue weighted by atomic mass is 10.0. The number of anilines is 1. The van der Waals surface area contributed by atoms with Crippen LogP contribution in [-0.2, 0) is 4.65 Å². The molecular formula is C13H18BN4O. The highest BCUT2D eigenvalue weighted by molar-refractivity contribution is 6.23. The topological polar surface area (TPSA) is 53.2 Å². The molecule has 0 aromatic carbocycles. The van der Waals surface area contributed by atoms with Gasteiger partial charge in [0.05, 0.1) is 0 Å². The van der Waals surface area contributed by atoms with Crippen molar-refractivity contribution in [2.45, 2.75) is 18.9 Å². The molecule has 1 aliphatic heterocycles. The zero-order valence-corrected chi connectivity index (χ0v) is 11.1. The second-order valence-electron chi connectivity index (χ2n) is 4.85. The zero-order valence-electron chi connectivity index (χ0n) is 11.1. The normalized spacial score (nSPS) is 17.0. The zero-order chi connectivity index (χ0) is 13.1. The third kappa shape index (κ3) is 2.59. The van der Waals surface area contributed by atoms with E-state index >= 15 is 0 Å². The molecule has 99 valence electrons. The maximum absolute atomic E-state index is 4.94. The monoisotopic (exact) mass is 257 g/mol. The van der Waals surface area contributed by atoms with Gasteiger partial charge in [0.2, 0.25) is 0 Å². The van der Waals surface area contributed by atoms with E-state index in [0.29, 0.717) is 6.04 Å². The van der Waals surface area contributed by atoms with Crippen molar-refractivity contribution in [1.29, 1.82) is 0 Å². The standard InChI is InChI=1S/C13H18BN4O/c1-19-14-17-10-4-8-18(9-5-10)12-3-7-16-13-11(12)2-6-15-13/h2-3,6-7,10,17H,4-5,8-9H2,1H3,(H,15,16). The van der Waals surface area contributed by atoms with Crippen molar-refractivity contribution in [3.05, 3.63) is 24.5 Å². The Morgan fingerprint density at radius 1 is 1.42 bits per heavy atom. The molecule has 6 heteroatoms. The number of H-pyrrole nitrogens is 1. The van der Waals surface area contributed by atoms with Gasteiger partial charge in [-0.3, -0.25) is 0 Å². The molecule has 19 heavy (non-hydrogen) atoms. The third-order valence-electron chi connectivity index (χ3n) is 3.69. The van der Waals surface area contributed by atoms with Gasteiger partial charge >= 0.3 is 7.62 Å². The molecule has 0 saturated carbocycles. The molecule has 0 atom stereocenters. The van der Waals surface area contributed by atoms with Gasteiger partial charge in [-0.2, -0.15) is 0 Å². The van der Waals surface area contributed by atoms with Crippen LogP contribution in [0.2, 0.25) is 0 Å². The molecule has 1 fully saturated rings. The Bertz CT molecular complexity index is 536. The van der Waals surface area contributed by atoms with Crippen LogP contribution in [0.1, 0.15) is 12.8 Å². The minimum absolute atomic E-state index is 0.514. The van der Waals surface area contributed by atoms with Gasteiger partial charge in [0.1, 0.15) is 5.65 Å². The summed E-state index contributed by atoms with van der Waals surface area (Å²) in [5.41, 5.74) is 2.24. The predicted molar refractivity (Wildman–Crippen MR) is 77.2 cm³/mol. The van der Waals surface area contributed by atoms with Gasteiger partial charge in [0, 0.05) is 49.7 Å². The molecular weight excluding hydrogens is 239 g/mol. The van der Waals surface area contributed by atoms with Crippen molar-refractivity contribution in [3.8, 4) is 0 Å². The van der Waals surface area contributed by atoms with Gasteiger partial charge in [0.25, 0.3) is 0 Å². The molecule has 2 aromatic heterocycles. The summed E-state index contributed by atoms with van der Waals surface area (Å²) in [5.74, 6) is 0. The van der Waals surface area contributed by atoms with Crippen molar-refractivity contribution < 1.29 is 4.65 Å². The molecule has 2 N–H and O–H groups in total. The molecule has 1 radical (unpaired) electrons. The number of nitrogens with one attached hydrogen (secondary N) is 2. The van der Waals surface area contributed by atoms with Crippen LogP contribution in [0, 0.1) is 0 Å². The summed E-state index contributed by atoms with van der Waals surface area (Å²) in [7, 11) is 3.35. The summed E-state index contributed by atoms with van der Waals surface area (Å²) in [6.45, 7) is 2.11. The highest BCUT2D eigenvalue weighted by Crippen LogP contribution is 2.27. The molecule has 5 nitrogen and oxygen atoms in total. The Morgan fingerprint density at radius 2 is 2.26 bits per heavy atom. The van der Waals surface area contributed by atoms with Crippen LogP contribution in [-0.4, -0.2) is 43.8 Å². The highest BCUT2D eigenvalue weighted by Gasteiger charge is 2.20. The molecule has 0 aliphatic carbocycles. The summed E-state index contributed by atoms with van der Waals surface area (Å²) >= 11 is 0. The minimum atomic E-state index is 0.514. The Labute approximate surface area is 113 Å². The van der Waals surface area contributed by atoms with E-state index in [1.807, 2.05) is 12.4 Å². The van der Waals surface area contributed by atoms with E-state index in [0.717, 1.165) is 31.6 Å². The second kappa shape index (κ2) is 5.63. The lowest BCUT2D eigenvalue weighted by Gasteiger charge is -2.34. The summed E-state index contributed by atoms with van der Waals surface area (Å²) in [4.78, 5) is 9.93. The number of nitrogens with zero attached hydrogens (tertiary/aromatic N) is 2. The number of aromatic nitrogens is 2. The van der Waals surface area contributed by atoms with E-state index < -0.39 is 0 Å². The van der Waals surface area contributed by atoms with Gasteiger partial charge in [0.15, 0.2) is 0 Å². The Morgan fingerprint density at radius 3 is 3.05 bits per heavy atom. The first-order valence-electron chi connectivity index (χ1n) is 6.66. The van der Waals surface area contributed by atoms with E-state index in [2.05, 4.69) is 32.2 Å². The van der Waals surface area contributed by atoms with Crippen LogP contribution < -0.4 is 10.1 Å². The quantitative estimate of drug-likeness (QED) is 0.811. The van der Waals surface area contributed by atoms with E-state index in [9.17, 15) is 0 Å². The number of hydrogen-bond acceptors (Lipinski definition) is 4. The van der Waals surface area contributed by atoms with E-state index in [-0.39, 0.29) is 0 Å².